The van der Waals surface area contributed by atoms with Crippen molar-refractivity contribution in [1.29, 1.82) is 0 Å². The fourth-order valence-electron chi connectivity index (χ4n) is 2.77. The first-order valence-corrected chi connectivity index (χ1v) is 8.36. The Hall–Kier alpha value is -1.07. The lowest BCUT2D eigenvalue weighted by atomic mass is 10.00. The normalized spacial score (nSPS) is 17.1. The van der Waals surface area contributed by atoms with Gasteiger partial charge in [-0.2, -0.15) is 0 Å². The molecule has 1 aliphatic rings. The van der Waals surface area contributed by atoms with Crippen LogP contribution in [-0.2, 0) is 0 Å². The molecular weight excluding hydrogens is 272 g/mol. The van der Waals surface area contributed by atoms with Crippen molar-refractivity contribution in [3.05, 3.63) is 22.4 Å². The molecule has 1 aromatic heterocycles. The minimum atomic E-state index is -0.0502. The predicted octanol–water partition coefficient (Wildman–Crippen LogP) is 2.85. The van der Waals surface area contributed by atoms with Crippen LogP contribution in [0.3, 0.4) is 0 Å². The molecule has 0 bridgehead atoms. The van der Waals surface area contributed by atoms with Crippen LogP contribution in [-0.4, -0.2) is 30.3 Å². The molecule has 4 nitrogen and oxygen atoms in total. The van der Waals surface area contributed by atoms with E-state index < -0.39 is 0 Å². The van der Waals surface area contributed by atoms with Gasteiger partial charge < -0.3 is 15.7 Å². The molecule has 2 rings (SSSR count). The van der Waals surface area contributed by atoms with E-state index in [4.69, 9.17) is 5.11 Å². The monoisotopic (exact) mass is 296 g/mol. The lowest BCUT2D eigenvalue weighted by Gasteiger charge is -2.16. The Bertz CT molecular complexity index is 389. The van der Waals surface area contributed by atoms with E-state index in [1.807, 2.05) is 6.07 Å². The molecule has 1 aliphatic carbocycles. The Morgan fingerprint density at radius 1 is 1.40 bits per heavy atom. The molecule has 0 aliphatic heterocycles. The molecule has 1 heterocycles. The number of rotatable bonds is 7. The van der Waals surface area contributed by atoms with Gasteiger partial charge in [-0.25, -0.2) is 4.79 Å². The summed E-state index contributed by atoms with van der Waals surface area (Å²) in [6.45, 7) is 0.845. The second-order valence-electron chi connectivity index (χ2n) is 5.39. The van der Waals surface area contributed by atoms with Gasteiger partial charge in [0.2, 0.25) is 0 Å². The molecule has 3 N–H and O–H groups in total. The smallest absolute Gasteiger partial charge is 0.315 e. The number of carbonyl (C=O) groups is 1. The van der Waals surface area contributed by atoms with E-state index in [-0.39, 0.29) is 12.6 Å². The summed E-state index contributed by atoms with van der Waals surface area (Å²) in [4.78, 5) is 13.0. The average Bonchev–Trinajstić information content (AvgIpc) is 3.10. The van der Waals surface area contributed by atoms with Gasteiger partial charge in [-0.3, -0.25) is 0 Å². The van der Waals surface area contributed by atoms with Crippen molar-refractivity contribution in [1.82, 2.24) is 10.6 Å². The summed E-state index contributed by atoms with van der Waals surface area (Å²) in [5.41, 5.74) is 0. The van der Waals surface area contributed by atoms with Gasteiger partial charge >= 0.3 is 6.03 Å². The highest BCUT2D eigenvalue weighted by Crippen LogP contribution is 2.26. The summed E-state index contributed by atoms with van der Waals surface area (Å²) in [6.07, 6.45) is 6.29. The van der Waals surface area contributed by atoms with Crippen molar-refractivity contribution < 1.29 is 9.90 Å². The molecule has 112 valence electrons. The van der Waals surface area contributed by atoms with E-state index in [0.29, 0.717) is 18.5 Å². The van der Waals surface area contributed by atoms with Gasteiger partial charge in [0, 0.05) is 24.1 Å². The second kappa shape index (κ2) is 8.27. The third-order valence-electron chi connectivity index (χ3n) is 3.89. The van der Waals surface area contributed by atoms with Crippen LogP contribution in [0.5, 0.6) is 0 Å². The number of aliphatic hydroxyl groups excluding tert-OH is 1. The first-order chi connectivity index (χ1) is 9.79. The van der Waals surface area contributed by atoms with Crippen molar-refractivity contribution in [2.75, 3.05) is 13.2 Å². The van der Waals surface area contributed by atoms with Gasteiger partial charge in [0.1, 0.15) is 0 Å². The number of amides is 2. The van der Waals surface area contributed by atoms with E-state index in [1.54, 1.807) is 11.3 Å². The van der Waals surface area contributed by atoms with Crippen molar-refractivity contribution in [2.24, 2.45) is 0 Å². The maximum Gasteiger partial charge on any atom is 0.315 e. The van der Waals surface area contributed by atoms with Gasteiger partial charge in [0.15, 0.2) is 0 Å². The molecule has 1 aromatic rings. The third-order valence-corrected chi connectivity index (χ3v) is 4.93. The highest BCUT2D eigenvalue weighted by atomic mass is 32.1. The molecule has 0 saturated heterocycles. The quantitative estimate of drug-likeness (QED) is 0.724. The van der Waals surface area contributed by atoms with Gasteiger partial charge in [0.25, 0.3) is 0 Å². The lowest BCUT2D eigenvalue weighted by Crippen LogP contribution is -2.41. The van der Waals surface area contributed by atoms with Crippen molar-refractivity contribution in [3.8, 4) is 0 Å². The van der Waals surface area contributed by atoms with Crippen molar-refractivity contribution in [3.63, 3.8) is 0 Å². The molecule has 5 heteroatoms. The van der Waals surface area contributed by atoms with E-state index in [2.05, 4.69) is 22.1 Å². The number of thiophene rings is 1. The Balaban J connectivity index is 1.68. The Morgan fingerprint density at radius 2 is 2.20 bits per heavy atom. The van der Waals surface area contributed by atoms with E-state index in [0.717, 1.165) is 25.7 Å². The highest BCUT2D eigenvalue weighted by Gasteiger charge is 2.17. The van der Waals surface area contributed by atoms with Crippen molar-refractivity contribution >= 4 is 17.4 Å². The lowest BCUT2D eigenvalue weighted by molar-refractivity contribution is 0.236. The second-order valence-corrected chi connectivity index (χ2v) is 6.37. The Kier molecular flexibility index (Phi) is 6.33. The average molecular weight is 296 g/mol. The minimum absolute atomic E-state index is 0.0502. The number of carbonyl (C=O) groups excluding carboxylic acids is 1. The fourth-order valence-corrected chi connectivity index (χ4v) is 3.67. The molecule has 1 saturated carbocycles. The van der Waals surface area contributed by atoms with Crippen molar-refractivity contribution in [2.45, 2.75) is 50.5 Å². The molecule has 20 heavy (non-hydrogen) atoms. The molecule has 1 fully saturated rings. The summed E-state index contributed by atoms with van der Waals surface area (Å²) >= 11 is 1.72. The summed E-state index contributed by atoms with van der Waals surface area (Å²) in [7, 11) is 0. The number of aliphatic hydroxyl groups is 1. The SMILES string of the molecule is O=C(NCCC(CCO)c1cccs1)NC1CCCC1. The molecular formula is C15H24N2O2S. The number of hydrogen-bond donors (Lipinski definition) is 3. The first kappa shape index (κ1) is 15.3. The first-order valence-electron chi connectivity index (χ1n) is 7.48. The summed E-state index contributed by atoms with van der Waals surface area (Å²) < 4.78 is 0. The topological polar surface area (TPSA) is 61.4 Å². The maximum absolute atomic E-state index is 11.8. The molecule has 2 amide bonds. The van der Waals surface area contributed by atoms with E-state index in [1.165, 1.54) is 17.7 Å². The van der Waals surface area contributed by atoms with Gasteiger partial charge in [-0.1, -0.05) is 18.9 Å². The van der Waals surface area contributed by atoms with Crippen LogP contribution in [0.4, 0.5) is 4.79 Å². The zero-order valence-corrected chi connectivity index (χ0v) is 12.6. The van der Waals surface area contributed by atoms with Crippen LogP contribution in [0.25, 0.3) is 0 Å². The molecule has 1 atom stereocenters. The summed E-state index contributed by atoms with van der Waals surface area (Å²) in [6, 6.07) is 4.44. The van der Waals surface area contributed by atoms with E-state index in [9.17, 15) is 4.79 Å². The van der Waals surface area contributed by atoms with Gasteiger partial charge in [-0.15, -0.1) is 11.3 Å². The number of urea groups is 1. The molecule has 0 aromatic carbocycles. The van der Waals surface area contributed by atoms with E-state index >= 15 is 0 Å². The zero-order valence-electron chi connectivity index (χ0n) is 11.8. The zero-order chi connectivity index (χ0) is 14.2. The molecule has 1 unspecified atom stereocenters. The van der Waals surface area contributed by atoms with Crippen LogP contribution >= 0.6 is 11.3 Å². The standard InChI is InChI=1S/C15H24N2O2S/c18-10-8-12(14-6-3-11-20-14)7-9-16-15(19)17-13-4-1-2-5-13/h3,6,11-13,18H,1-2,4-5,7-10H2,(H2,16,17,19). The number of nitrogens with one attached hydrogen (secondary N) is 2. The minimum Gasteiger partial charge on any atom is -0.396 e. The number of hydrogen-bond acceptors (Lipinski definition) is 3. The summed E-state index contributed by atoms with van der Waals surface area (Å²) in [5.74, 6) is 0.340. The summed E-state index contributed by atoms with van der Waals surface area (Å²) in [5, 5.41) is 17.2. The Labute approximate surface area is 124 Å². The van der Waals surface area contributed by atoms with Crippen LogP contribution in [0.1, 0.15) is 49.3 Å². The van der Waals surface area contributed by atoms with Crippen LogP contribution in [0.15, 0.2) is 17.5 Å². The highest BCUT2D eigenvalue weighted by molar-refractivity contribution is 7.10. The van der Waals surface area contributed by atoms with Gasteiger partial charge in [-0.05, 0) is 43.0 Å². The fraction of sp³-hybridized carbons (Fsp3) is 0.667. The van der Waals surface area contributed by atoms with Crippen LogP contribution < -0.4 is 10.6 Å². The largest absolute Gasteiger partial charge is 0.396 e. The molecule has 0 radical (unpaired) electrons. The Morgan fingerprint density at radius 3 is 2.85 bits per heavy atom. The third kappa shape index (κ3) is 4.80. The maximum atomic E-state index is 11.8. The molecule has 0 spiro atoms. The van der Waals surface area contributed by atoms with Gasteiger partial charge in [0.05, 0.1) is 0 Å². The van der Waals surface area contributed by atoms with Crippen LogP contribution in [0, 0.1) is 0 Å². The predicted molar refractivity (Wildman–Crippen MR) is 82.2 cm³/mol. The van der Waals surface area contributed by atoms with Crippen LogP contribution in [0.2, 0.25) is 0 Å².